The number of quaternary nitrogens is 1. The number of hydrogen-bond donors (Lipinski definition) is 3. The summed E-state index contributed by atoms with van der Waals surface area (Å²) < 4.78 is 0. The van der Waals surface area contributed by atoms with Gasteiger partial charge in [-0.3, -0.25) is 4.79 Å². The van der Waals surface area contributed by atoms with Crippen molar-refractivity contribution in [2.45, 2.75) is 26.7 Å². The Morgan fingerprint density at radius 2 is 1.85 bits per heavy atom. The number of phenols is 1. The third-order valence-corrected chi connectivity index (χ3v) is 5.29. The maximum absolute atomic E-state index is 12.6. The number of rotatable bonds is 5. The second-order valence-electron chi connectivity index (χ2n) is 7.64. The van der Waals surface area contributed by atoms with Gasteiger partial charge in [-0.1, -0.05) is 44.2 Å². The number of piperazine rings is 1. The number of anilines is 2. The fourth-order valence-corrected chi connectivity index (χ4v) is 3.73. The third kappa shape index (κ3) is 4.61. The number of hydrogen-bond acceptors (Lipinski definition) is 3. The first-order chi connectivity index (χ1) is 13.0. The van der Waals surface area contributed by atoms with E-state index in [0.29, 0.717) is 18.2 Å². The molecule has 27 heavy (non-hydrogen) atoms. The average Bonchev–Trinajstić information content (AvgIpc) is 2.64. The van der Waals surface area contributed by atoms with E-state index >= 15 is 0 Å². The number of nitrogens with one attached hydrogen (secondary N) is 2. The molecule has 1 heterocycles. The number of aryl methyl sites for hydroxylation is 1. The lowest BCUT2D eigenvalue weighted by molar-refractivity contribution is -0.892. The SMILES string of the molecule is Cc1cccc(C(C)C)c1NC(=O)C[NH+]1CCN(c2ccccc2O)CC1. The Kier molecular flexibility index (Phi) is 6.01. The molecule has 3 rings (SSSR count). The maximum atomic E-state index is 12.6. The Bertz CT molecular complexity index is 796. The number of carbonyl (C=O) groups is 1. The van der Waals surface area contributed by atoms with Gasteiger partial charge in [-0.25, -0.2) is 0 Å². The molecule has 1 fully saturated rings. The van der Waals surface area contributed by atoms with Crippen LogP contribution < -0.4 is 15.1 Å². The monoisotopic (exact) mass is 368 g/mol. The van der Waals surface area contributed by atoms with Crippen LogP contribution in [-0.4, -0.2) is 43.7 Å². The molecule has 3 N–H and O–H groups in total. The first-order valence-electron chi connectivity index (χ1n) is 9.71. The zero-order chi connectivity index (χ0) is 19.4. The van der Waals surface area contributed by atoms with Gasteiger partial charge in [0.15, 0.2) is 6.54 Å². The van der Waals surface area contributed by atoms with Gasteiger partial charge < -0.3 is 20.2 Å². The highest BCUT2D eigenvalue weighted by Gasteiger charge is 2.24. The topological polar surface area (TPSA) is 57.0 Å². The number of carbonyl (C=O) groups excluding carboxylic acids is 1. The molecule has 5 nitrogen and oxygen atoms in total. The van der Waals surface area contributed by atoms with E-state index in [4.69, 9.17) is 0 Å². The Balaban J connectivity index is 1.57. The molecule has 2 aromatic carbocycles. The molecular formula is C22H30N3O2+. The molecule has 0 spiro atoms. The van der Waals surface area contributed by atoms with E-state index in [1.165, 1.54) is 10.5 Å². The summed E-state index contributed by atoms with van der Waals surface area (Å²) in [6.07, 6.45) is 0. The van der Waals surface area contributed by atoms with Crippen LogP contribution >= 0.6 is 0 Å². The lowest BCUT2D eigenvalue weighted by atomic mass is 9.98. The smallest absolute Gasteiger partial charge is 0.279 e. The van der Waals surface area contributed by atoms with Crippen LogP contribution in [0, 0.1) is 6.92 Å². The zero-order valence-corrected chi connectivity index (χ0v) is 16.5. The van der Waals surface area contributed by atoms with Crippen LogP contribution in [0.25, 0.3) is 0 Å². The van der Waals surface area contributed by atoms with Crippen molar-refractivity contribution >= 4 is 17.3 Å². The molecule has 0 aromatic heterocycles. The van der Waals surface area contributed by atoms with Gasteiger partial charge >= 0.3 is 0 Å². The van der Waals surface area contributed by atoms with Gasteiger partial charge in [0.25, 0.3) is 5.91 Å². The summed E-state index contributed by atoms with van der Waals surface area (Å²) in [6.45, 7) is 10.2. The van der Waals surface area contributed by atoms with Crippen molar-refractivity contribution in [2.24, 2.45) is 0 Å². The summed E-state index contributed by atoms with van der Waals surface area (Å²) in [5.41, 5.74) is 4.13. The lowest BCUT2D eigenvalue weighted by Crippen LogP contribution is -3.15. The molecule has 0 bridgehead atoms. The Labute approximate surface area is 161 Å². The van der Waals surface area contributed by atoms with Crippen molar-refractivity contribution in [1.29, 1.82) is 0 Å². The van der Waals surface area contributed by atoms with Gasteiger partial charge in [0.2, 0.25) is 0 Å². The van der Waals surface area contributed by atoms with Gasteiger partial charge in [0.1, 0.15) is 5.75 Å². The number of para-hydroxylation sites is 3. The number of aromatic hydroxyl groups is 1. The molecule has 0 saturated carbocycles. The first kappa shape index (κ1) is 19.2. The summed E-state index contributed by atoms with van der Waals surface area (Å²) in [5.74, 6) is 0.756. The lowest BCUT2D eigenvalue weighted by Gasteiger charge is -2.33. The van der Waals surface area contributed by atoms with E-state index in [1.807, 2.05) is 37.3 Å². The molecule has 0 radical (unpaired) electrons. The molecular weight excluding hydrogens is 338 g/mol. The molecule has 0 aliphatic carbocycles. The Hall–Kier alpha value is -2.53. The predicted octanol–water partition coefficient (Wildman–Crippen LogP) is 2.17. The highest BCUT2D eigenvalue weighted by Crippen LogP contribution is 2.27. The standard InChI is InChI=1S/C22H29N3O2/c1-16(2)18-8-6-7-17(3)22(18)23-21(27)15-24-11-13-25(14-12-24)19-9-4-5-10-20(19)26/h4-10,16,26H,11-15H2,1-3H3,(H,23,27)/p+1. The van der Waals surface area contributed by atoms with Crippen molar-refractivity contribution in [1.82, 2.24) is 0 Å². The van der Waals surface area contributed by atoms with E-state index in [2.05, 4.69) is 30.1 Å². The van der Waals surface area contributed by atoms with E-state index in [-0.39, 0.29) is 5.91 Å². The quantitative estimate of drug-likeness (QED) is 0.758. The fourth-order valence-electron chi connectivity index (χ4n) is 3.73. The summed E-state index contributed by atoms with van der Waals surface area (Å²) in [7, 11) is 0. The molecule has 1 aliphatic heterocycles. The van der Waals surface area contributed by atoms with E-state index < -0.39 is 0 Å². The minimum Gasteiger partial charge on any atom is -0.506 e. The number of nitrogens with zero attached hydrogens (tertiary/aromatic N) is 1. The van der Waals surface area contributed by atoms with Crippen LogP contribution in [0.3, 0.4) is 0 Å². The molecule has 0 atom stereocenters. The predicted molar refractivity (Wildman–Crippen MR) is 110 cm³/mol. The van der Waals surface area contributed by atoms with Crippen LogP contribution in [0.15, 0.2) is 42.5 Å². The van der Waals surface area contributed by atoms with Crippen LogP contribution in [0.4, 0.5) is 11.4 Å². The molecule has 144 valence electrons. The molecule has 1 saturated heterocycles. The minimum atomic E-state index is 0.0669. The van der Waals surface area contributed by atoms with Gasteiger partial charge in [-0.2, -0.15) is 0 Å². The number of phenolic OH excluding ortho intramolecular Hbond substituents is 1. The van der Waals surface area contributed by atoms with Crippen LogP contribution in [0.5, 0.6) is 5.75 Å². The van der Waals surface area contributed by atoms with Gasteiger partial charge in [0, 0.05) is 5.69 Å². The normalized spacial score (nSPS) is 15.2. The average molecular weight is 369 g/mol. The maximum Gasteiger partial charge on any atom is 0.279 e. The van der Waals surface area contributed by atoms with E-state index in [0.717, 1.165) is 43.1 Å². The number of benzene rings is 2. The van der Waals surface area contributed by atoms with Crippen LogP contribution in [0.1, 0.15) is 30.9 Å². The van der Waals surface area contributed by atoms with Crippen molar-refractivity contribution in [2.75, 3.05) is 42.9 Å². The van der Waals surface area contributed by atoms with Crippen molar-refractivity contribution in [3.05, 3.63) is 53.6 Å². The molecule has 0 unspecified atom stereocenters. The second-order valence-corrected chi connectivity index (χ2v) is 7.64. The summed E-state index contributed by atoms with van der Waals surface area (Å²) >= 11 is 0. The molecule has 1 aliphatic rings. The summed E-state index contributed by atoms with van der Waals surface area (Å²) in [4.78, 5) is 16.1. The van der Waals surface area contributed by atoms with E-state index in [9.17, 15) is 9.90 Å². The number of amides is 1. The highest BCUT2D eigenvalue weighted by atomic mass is 16.3. The summed E-state index contributed by atoms with van der Waals surface area (Å²) in [5, 5.41) is 13.2. The Morgan fingerprint density at radius 3 is 2.52 bits per heavy atom. The zero-order valence-electron chi connectivity index (χ0n) is 16.5. The van der Waals surface area contributed by atoms with Crippen molar-refractivity contribution < 1.29 is 14.8 Å². The molecule has 5 heteroatoms. The molecule has 1 amide bonds. The van der Waals surface area contributed by atoms with E-state index in [1.54, 1.807) is 6.07 Å². The minimum absolute atomic E-state index is 0.0669. The van der Waals surface area contributed by atoms with Gasteiger partial charge in [-0.05, 0) is 36.1 Å². The second kappa shape index (κ2) is 8.44. The Morgan fingerprint density at radius 1 is 1.15 bits per heavy atom. The van der Waals surface area contributed by atoms with Gasteiger partial charge in [-0.15, -0.1) is 0 Å². The van der Waals surface area contributed by atoms with Gasteiger partial charge in [0.05, 0.1) is 31.9 Å². The fraction of sp³-hybridized carbons (Fsp3) is 0.409. The summed E-state index contributed by atoms with van der Waals surface area (Å²) in [6, 6.07) is 13.6. The van der Waals surface area contributed by atoms with Crippen molar-refractivity contribution in [3.63, 3.8) is 0 Å². The van der Waals surface area contributed by atoms with Crippen LogP contribution in [0.2, 0.25) is 0 Å². The largest absolute Gasteiger partial charge is 0.506 e. The third-order valence-electron chi connectivity index (χ3n) is 5.29. The highest BCUT2D eigenvalue weighted by molar-refractivity contribution is 5.93. The first-order valence-corrected chi connectivity index (χ1v) is 9.71. The molecule has 2 aromatic rings. The van der Waals surface area contributed by atoms with Crippen molar-refractivity contribution in [3.8, 4) is 5.75 Å². The van der Waals surface area contributed by atoms with Crippen LogP contribution in [-0.2, 0) is 4.79 Å².